The molecular formula is C24H24N4O3. The second-order valence-corrected chi connectivity index (χ2v) is 7.80. The van der Waals surface area contributed by atoms with Crippen molar-refractivity contribution in [2.24, 2.45) is 10.9 Å². The van der Waals surface area contributed by atoms with Gasteiger partial charge in [0.1, 0.15) is 17.8 Å². The molecule has 1 aromatic heterocycles. The predicted molar refractivity (Wildman–Crippen MR) is 117 cm³/mol. The monoisotopic (exact) mass is 416 g/mol. The smallest absolute Gasteiger partial charge is 0.340 e. The van der Waals surface area contributed by atoms with Crippen LogP contribution in [-0.4, -0.2) is 39.7 Å². The van der Waals surface area contributed by atoms with Gasteiger partial charge in [-0.2, -0.15) is 10.2 Å². The van der Waals surface area contributed by atoms with Gasteiger partial charge in [-0.3, -0.25) is 9.78 Å². The number of carbonyl (C=O) groups is 2. The van der Waals surface area contributed by atoms with Crippen molar-refractivity contribution in [3.63, 3.8) is 0 Å². The Morgan fingerprint density at radius 3 is 2.68 bits per heavy atom. The molecule has 3 rings (SSSR count). The minimum atomic E-state index is -1.10. The van der Waals surface area contributed by atoms with Crippen LogP contribution in [0.4, 0.5) is 0 Å². The van der Waals surface area contributed by atoms with Gasteiger partial charge >= 0.3 is 5.97 Å². The first-order valence-corrected chi connectivity index (χ1v) is 9.97. The molecule has 158 valence electrons. The third-order valence-corrected chi connectivity index (χ3v) is 5.29. The van der Waals surface area contributed by atoms with Crippen molar-refractivity contribution in [3.05, 3.63) is 71.1 Å². The molecule has 31 heavy (non-hydrogen) atoms. The molecule has 0 spiro atoms. The molecule has 0 bridgehead atoms. The van der Waals surface area contributed by atoms with Crippen LogP contribution in [-0.2, 0) is 9.53 Å². The number of benzene rings is 1. The molecule has 1 aliphatic heterocycles. The largest absolute Gasteiger partial charge is 0.458 e. The van der Waals surface area contributed by atoms with E-state index in [-0.39, 0.29) is 29.6 Å². The highest BCUT2D eigenvalue weighted by molar-refractivity contribution is 6.18. The molecule has 7 nitrogen and oxygen atoms in total. The van der Waals surface area contributed by atoms with Crippen LogP contribution in [0.1, 0.15) is 48.0 Å². The van der Waals surface area contributed by atoms with Gasteiger partial charge in [0.25, 0.3) is 5.91 Å². The lowest BCUT2D eigenvalue weighted by molar-refractivity contribution is -0.129. The van der Waals surface area contributed by atoms with E-state index in [2.05, 4.69) is 9.98 Å². The van der Waals surface area contributed by atoms with E-state index in [4.69, 9.17) is 4.74 Å². The summed E-state index contributed by atoms with van der Waals surface area (Å²) in [5, 5.41) is 9.57. The predicted octanol–water partition coefficient (Wildman–Crippen LogP) is 3.74. The summed E-state index contributed by atoms with van der Waals surface area (Å²) in [6.45, 7) is 7.26. The summed E-state index contributed by atoms with van der Waals surface area (Å²) in [6.07, 6.45) is 7.03. The fraction of sp³-hybridized carbons (Fsp3) is 0.292. The molecule has 0 saturated heterocycles. The molecule has 1 amide bonds. The topological polar surface area (TPSA) is 95.6 Å². The Hall–Kier alpha value is -3.79. The van der Waals surface area contributed by atoms with Crippen LogP contribution in [0.2, 0.25) is 0 Å². The van der Waals surface area contributed by atoms with Crippen LogP contribution in [0.25, 0.3) is 6.08 Å². The first kappa shape index (κ1) is 21.9. The number of aliphatic imine (C=N–C) groups is 1. The zero-order valence-corrected chi connectivity index (χ0v) is 18.0. The molecule has 2 aromatic rings. The van der Waals surface area contributed by atoms with E-state index in [9.17, 15) is 14.9 Å². The molecule has 0 fully saturated rings. The van der Waals surface area contributed by atoms with Gasteiger partial charge in [0.05, 0.1) is 5.56 Å². The standard InChI is InChI=1S/C24H24N4O3/c1-16(2)24(4)23(30)28(15-25)21(27-24)20-19(13-17(3)14-26-20)22(29)31-12-8-11-18-9-6-5-7-10-18/h5-11,13-14,16H,12H2,1-4H3/b11-8+. The third-order valence-electron chi connectivity index (χ3n) is 5.29. The summed E-state index contributed by atoms with van der Waals surface area (Å²) >= 11 is 0. The SMILES string of the molecule is Cc1cnc(C2=NC(C)(C(C)C)C(=O)N2C#N)c(C(=O)OC/C=C/c2ccccc2)c1. The molecule has 7 heteroatoms. The van der Waals surface area contributed by atoms with Crippen molar-refractivity contribution in [3.8, 4) is 6.19 Å². The van der Waals surface area contributed by atoms with Gasteiger partial charge in [-0.15, -0.1) is 0 Å². The van der Waals surface area contributed by atoms with Crippen LogP contribution in [0.3, 0.4) is 0 Å². The van der Waals surface area contributed by atoms with E-state index in [1.807, 2.05) is 56.4 Å². The minimum absolute atomic E-state index is 0.0653. The number of nitriles is 1. The molecular weight excluding hydrogens is 392 g/mol. The Morgan fingerprint density at radius 1 is 1.32 bits per heavy atom. The van der Waals surface area contributed by atoms with Crippen molar-refractivity contribution < 1.29 is 14.3 Å². The lowest BCUT2D eigenvalue weighted by Gasteiger charge is -2.22. The zero-order chi connectivity index (χ0) is 22.6. The van der Waals surface area contributed by atoms with Crippen LogP contribution < -0.4 is 0 Å². The highest BCUT2D eigenvalue weighted by Crippen LogP contribution is 2.32. The number of aromatic nitrogens is 1. The summed E-state index contributed by atoms with van der Waals surface area (Å²) in [4.78, 5) is 35.4. The van der Waals surface area contributed by atoms with E-state index in [1.54, 1.807) is 32.2 Å². The van der Waals surface area contributed by atoms with Crippen molar-refractivity contribution in [2.75, 3.05) is 6.61 Å². The average Bonchev–Trinajstić information content (AvgIpc) is 3.03. The molecule has 2 heterocycles. The normalized spacial score (nSPS) is 18.4. The van der Waals surface area contributed by atoms with E-state index >= 15 is 0 Å². The van der Waals surface area contributed by atoms with E-state index in [0.717, 1.165) is 16.0 Å². The number of amidine groups is 1. The van der Waals surface area contributed by atoms with Gasteiger partial charge in [0, 0.05) is 6.20 Å². The molecule has 0 N–H and O–H groups in total. The summed E-state index contributed by atoms with van der Waals surface area (Å²) in [5.74, 6) is -1.12. The number of pyridine rings is 1. The minimum Gasteiger partial charge on any atom is -0.458 e. The van der Waals surface area contributed by atoms with Gasteiger partial charge in [-0.1, -0.05) is 50.3 Å². The van der Waals surface area contributed by atoms with Crippen LogP contribution in [0.5, 0.6) is 0 Å². The average molecular weight is 416 g/mol. The van der Waals surface area contributed by atoms with Gasteiger partial charge < -0.3 is 4.74 Å². The lowest BCUT2D eigenvalue weighted by atomic mass is 9.89. The Morgan fingerprint density at radius 2 is 2.03 bits per heavy atom. The maximum atomic E-state index is 12.8. The van der Waals surface area contributed by atoms with E-state index < -0.39 is 17.4 Å². The summed E-state index contributed by atoms with van der Waals surface area (Å²) in [6, 6.07) is 11.3. The second kappa shape index (κ2) is 8.92. The number of nitrogens with zero attached hydrogens (tertiary/aromatic N) is 4. The van der Waals surface area contributed by atoms with E-state index in [0.29, 0.717) is 0 Å². The number of hydrogen-bond donors (Lipinski definition) is 0. The fourth-order valence-electron chi connectivity index (χ4n) is 3.12. The summed E-state index contributed by atoms with van der Waals surface area (Å²) in [7, 11) is 0. The molecule has 1 atom stereocenters. The molecule has 0 aliphatic carbocycles. The highest BCUT2D eigenvalue weighted by atomic mass is 16.5. The van der Waals surface area contributed by atoms with Gasteiger partial charge in [0.15, 0.2) is 12.0 Å². The van der Waals surface area contributed by atoms with Crippen LogP contribution in [0.15, 0.2) is 53.7 Å². The molecule has 1 aliphatic rings. The van der Waals surface area contributed by atoms with Crippen molar-refractivity contribution >= 4 is 23.8 Å². The first-order chi connectivity index (χ1) is 14.8. The highest BCUT2D eigenvalue weighted by Gasteiger charge is 2.48. The maximum Gasteiger partial charge on any atom is 0.340 e. The number of rotatable bonds is 6. The van der Waals surface area contributed by atoms with Crippen LogP contribution >= 0.6 is 0 Å². The number of amides is 1. The first-order valence-electron chi connectivity index (χ1n) is 9.97. The molecule has 1 aromatic carbocycles. The van der Waals surface area contributed by atoms with Crippen LogP contribution in [0, 0.1) is 24.3 Å². The Kier molecular flexibility index (Phi) is 6.30. The number of esters is 1. The number of aryl methyl sites for hydroxylation is 1. The van der Waals surface area contributed by atoms with Crippen molar-refractivity contribution in [1.82, 2.24) is 9.88 Å². The Balaban J connectivity index is 1.88. The molecule has 0 saturated carbocycles. The van der Waals surface area contributed by atoms with Gasteiger partial charge in [-0.05, 0) is 43.0 Å². The van der Waals surface area contributed by atoms with Gasteiger partial charge in [-0.25, -0.2) is 9.79 Å². The summed E-state index contributed by atoms with van der Waals surface area (Å²) < 4.78 is 5.39. The zero-order valence-electron chi connectivity index (χ0n) is 18.0. The lowest BCUT2D eigenvalue weighted by Crippen LogP contribution is -2.42. The second-order valence-electron chi connectivity index (χ2n) is 7.80. The molecule has 1 unspecified atom stereocenters. The van der Waals surface area contributed by atoms with Crippen molar-refractivity contribution in [1.29, 1.82) is 5.26 Å². The molecule has 0 radical (unpaired) electrons. The summed E-state index contributed by atoms with van der Waals surface area (Å²) in [5.41, 5.74) is 0.954. The maximum absolute atomic E-state index is 12.8. The Labute approximate surface area is 181 Å². The fourth-order valence-corrected chi connectivity index (χ4v) is 3.12. The van der Waals surface area contributed by atoms with Crippen molar-refractivity contribution in [2.45, 2.75) is 33.2 Å². The van der Waals surface area contributed by atoms with Gasteiger partial charge in [0.2, 0.25) is 0 Å². The number of ether oxygens (including phenoxy) is 1. The number of hydrogen-bond acceptors (Lipinski definition) is 6. The Bertz CT molecular complexity index is 1100. The van der Waals surface area contributed by atoms with E-state index in [1.165, 1.54) is 0 Å². The third kappa shape index (κ3) is 4.38. The quantitative estimate of drug-likeness (QED) is 0.528. The number of carbonyl (C=O) groups excluding carboxylic acids is 2.